The third-order valence-electron chi connectivity index (χ3n) is 3.25. The van der Waals surface area contributed by atoms with Crippen LogP contribution in [0.1, 0.15) is 29.5 Å². The highest BCUT2D eigenvalue weighted by Crippen LogP contribution is 2.26. The summed E-state index contributed by atoms with van der Waals surface area (Å²) in [6.45, 7) is 6.25. The number of benzene rings is 1. The fourth-order valence-electron chi connectivity index (χ4n) is 2.46. The van der Waals surface area contributed by atoms with Crippen LogP contribution in [0.5, 0.6) is 0 Å². The van der Waals surface area contributed by atoms with E-state index in [-0.39, 0.29) is 6.10 Å². The van der Waals surface area contributed by atoms with Crippen LogP contribution in [-0.4, -0.2) is 17.8 Å². The molecule has 2 nitrogen and oxygen atoms in total. The van der Waals surface area contributed by atoms with Crippen molar-refractivity contribution in [2.75, 3.05) is 6.54 Å². The van der Waals surface area contributed by atoms with Crippen LogP contribution in [0.4, 0.5) is 0 Å². The fourth-order valence-corrected chi connectivity index (χ4v) is 2.46. The molecule has 2 rings (SSSR count). The Balaban J connectivity index is 1.76. The summed E-state index contributed by atoms with van der Waals surface area (Å²) < 4.78 is 0. The molecule has 1 aromatic rings. The van der Waals surface area contributed by atoms with Gasteiger partial charge in [0.1, 0.15) is 0 Å². The minimum atomic E-state index is -0.0342. The van der Waals surface area contributed by atoms with Gasteiger partial charge in [-0.25, -0.2) is 0 Å². The van der Waals surface area contributed by atoms with E-state index in [1.54, 1.807) is 0 Å². The van der Waals surface area contributed by atoms with Crippen molar-refractivity contribution < 1.29 is 5.11 Å². The lowest BCUT2D eigenvalue weighted by molar-refractivity contribution is 0.0430. The molecular formula is C14H21NO. The topological polar surface area (TPSA) is 32.3 Å². The standard InChI is InChI=1S/C14H21NO/c1-10-3-11(2)5-12(4-10)8-15-9-13-6-14(16)7-13/h3-5,13-16H,6-9H2,1-2H3. The normalized spacial score (nSPS) is 24.2. The lowest BCUT2D eigenvalue weighted by Crippen LogP contribution is -2.35. The van der Waals surface area contributed by atoms with Crippen LogP contribution in [0.25, 0.3) is 0 Å². The molecule has 0 aliphatic heterocycles. The average molecular weight is 219 g/mol. The Morgan fingerprint density at radius 3 is 2.38 bits per heavy atom. The van der Waals surface area contributed by atoms with E-state index < -0.39 is 0 Å². The molecule has 1 aliphatic carbocycles. The van der Waals surface area contributed by atoms with Gasteiger partial charge in [-0.2, -0.15) is 0 Å². The number of rotatable bonds is 4. The molecule has 2 N–H and O–H groups in total. The minimum Gasteiger partial charge on any atom is -0.393 e. The molecule has 0 atom stereocenters. The van der Waals surface area contributed by atoms with Gasteiger partial charge < -0.3 is 10.4 Å². The van der Waals surface area contributed by atoms with Gasteiger partial charge in [-0.05, 0) is 44.7 Å². The van der Waals surface area contributed by atoms with Gasteiger partial charge in [0, 0.05) is 6.54 Å². The second kappa shape index (κ2) is 4.98. The molecule has 0 unspecified atom stereocenters. The summed E-state index contributed by atoms with van der Waals surface area (Å²) in [7, 11) is 0. The van der Waals surface area contributed by atoms with Crippen molar-refractivity contribution in [2.45, 2.75) is 39.3 Å². The number of nitrogens with one attached hydrogen (secondary N) is 1. The first kappa shape index (κ1) is 11.6. The predicted octanol–water partition coefficient (Wildman–Crippen LogP) is 2.16. The third-order valence-corrected chi connectivity index (χ3v) is 3.25. The van der Waals surface area contributed by atoms with Crippen molar-refractivity contribution in [3.05, 3.63) is 34.9 Å². The molecule has 1 fully saturated rings. The molecule has 1 saturated carbocycles. The molecule has 16 heavy (non-hydrogen) atoms. The number of hydrogen-bond donors (Lipinski definition) is 2. The highest BCUT2D eigenvalue weighted by molar-refractivity contribution is 5.28. The molecule has 0 saturated heterocycles. The molecular weight excluding hydrogens is 198 g/mol. The number of hydrogen-bond acceptors (Lipinski definition) is 2. The van der Waals surface area contributed by atoms with Gasteiger partial charge in [0.15, 0.2) is 0 Å². The Morgan fingerprint density at radius 2 is 1.81 bits per heavy atom. The van der Waals surface area contributed by atoms with Crippen LogP contribution in [0.3, 0.4) is 0 Å². The summed E-state index contributed by atoms with van der Waals surface area (Å²) in [6.07, 6.45) is 1.91. The van der Waals surface area contributed by atoms with Crippen LogP contribution >= 0.6 is 0 Å². The van der Waals surface area contributed by atoms with E-state index in [0.717, 1.165) is 25.9 Å². The Morgan fingerprint density at radius 1 is 1.19 bits per heavy atom. The average Bonchev–Trinajstić information content (AvgIpc) is 2.13. The van der Waals surface area contributed by atoms with Crippen molar-refractivity contribution >= 4 is 0 Å². The van der Waals surface area contributed by atoms with E-state index in [2.05, 4.69) is 37.4 Å². The van der Waals surface area contributed by atoms with Crippen molar-refractivity contribution in [3.63, 3.8) is 0 Å². The summed E-state index contributed by atoms with van der Waals surface area (Å²) in [5.41, 5.74) is 4.02. The van der Waals surface area contributed by atoms with E-state index >= 15 is 0 Å². The molecule has 0 heterocycles. The lowest BCUT2D eigenvalue weighted by atomic mass is 9.82. The summed E-state index contributed by atoms with van der Waals surface area (Å²) in [5.74, 6) is 0.681. The summed E-state index contributed by atoms with van der Waals surface area (Å²) in [4.78, 5) is 0. The SMILES string of the molecule is Cc1cc(C)cc(CNCC2CC(O)C2)c1. The largest absolute Gasteiger partial charge is 0.393 e. The van der Waals surface area contributed by atoms with Gasteiger partial charge in [0.2, 0.25) is 0 Å². The zero-order valence-electron chi connectivity index (χ0n) is 10.2. The van der Waals surface area contributed by atoms with Gasteiger partial charge in [-0.3, -0.25) is 0 Å². The molecule has 0 amide bonds. The molecule has 88 valence electrons. The van der Waals surface area contributed by atoms with Crippen molar-refractivity contribution in [1.29, 1.82) is 0 Å². The predicted molar refractivity (Wildman–Crippen MR) is 66.4 cm³/mol. The highest BCUT2D eigenvalue weighted by Gasteiger charge is 2.26. The Labute approximate surface area is 97.7 Å². The van der Waals surface area contributed by atoms with Crippen LogP contribution < -0.4 is 5.32 Å². The van der Waals surface area contributed by atoms with E-state index in [1.807, 2.05) is 0 Å². The lowest BCUT2D eigenvalue weighted by Gasteiger charge is -2.31. The zero-order chi connectivity index (χ0) is 11.5. The summed E-state index contributed by atoms with van der Waals surface area (Å²) in [6, 6.07) is 6.66. The summed E-state index contributed by atoms with van der Waals surface area (Å²) in [5, 5.41) is 12.6. The quantitative estimate of drug-likeness (QED) is 0.813. The van der Waals surface area contributed by atoms with Crippen molar-refractivity contribution in [1.82, 2.24) is 5.32 Å². The molecule has 0 radical (unpaired) electrons. The second-order valence-corrected chi connectivity index (χ2v) is 5.12. The minimum absolute atomic E-state index is 0.0342. The smallest absolute Gasteiger partial charge is 0.0546 e. The fraction of sp³-hybridized carbons (Fsp3) is 0.571. The second-order valence-electron chi connectivity index (χ2n) is 5.12. The van der Waals surface area contributed by atoms with E-state index in [9.17, 15) is 5.11 Å². The van der Waals surface area contributed by atoms with E-state index in [4.69, 9.17) is 0 Å². The van der Waals surface area contributed by atoms with Crippen LogP contribution in [0.15, 0.2) is 18.2 Å². The third kappa shape index (κ3) is 3.06. The van der Waals surface area contributed by atoms with Crippen molar-refractivity contribution in [3.8, 4) is 0 Å². The molecule has 0 aromatic heterocycles. The highest BCUT2D eigenvalue weighted by atomic mass is 16.3. The first-order valence-electron chi connectivity index (χ1n) is 6.09. The molecule has 1 aromatic carbocycles. The zero-order valence-corrected chi connectivity index (χ0v) is 10.2. The number of aliphatic hydroxyl groups excluding tert-OH is 1. The first-order valence-corrected chi connectivity index (χ1v) is 6.09. The Kier molecular flexibility index (Phi) is 3.62. The number of aliphatic hydroxyl groups is 1. The van der Waals surface area contributed by atoms with Crippen LogP contribution in [-0.2, 0) is 6.54 Å². The van der Waals surface area contributed by atoms with Gasteiger partial charge in [-0.15, -0.1) is 0 Å². The van der Waals surface area contributed by atoms with E-state index in [1.165, 1.54) is 16.7 Å². The van der Waals surface area contributed by atoms with Gasteiger partial charge in [0.05, 0.1) is 6.10 Å². The maximum absolute atomic E-state index is 9.18. The molecule has 2 heteroatoms. The van der Waals surface area contributed by atoms with Crippen LogP contribution in [0.2, 0.25) is 0 Å². The van der Waals surface area contributed by atoms with Gasteiger partial charge >= 0.3 is 0 Å². The maximum Gasteiger partial charge on any atom is 0.0546 e. The molecule has 0 bridgehead atoms. The van der Waals surface area contributed by atoms with E-state index in [0.29, 0.717) is 5.92 Å². The Bertz CT molecular complexity index is 336. The van der Waals surface area contributed by atoms with Gasteiger partial charge in [0.25, 0.3) is 0 Å². The monoisotopic (exact) mass is 219 g/mol. The maximum atomic E-state index is 9.18. The first-order chi connectivity index (χ1) is 7.63. The Hall–Kier alpha value is -0.860. The van der Waals surface area contributed by atoms with Crippen LogP contribution in [0, 0.1) is 19.8 Å². The summed E-state index contributed by atoms with van der Waals surface area (Å²) >= 11 is 0. The molecule has 1 aliphatic rings. The molecule has 0 spiro atoms. The van der Waals surface area contributed by atoms with Crippen molar-refractivity contribution in [2.24, 2.45) is 5.92 Å². The number of aryl methyl sites for hydroxylation is 2. The van der Waals surface area contributed by atoms with Gasteiger partial charge in [-0.1, -0.05) is 29.3 Å².